The molecule has 1 atom stereocenters. The highest BCUT2D eigenvalue weighted by Gasteiger charge is 2.05. The van der Waals surface area contributed by atoms with Crippen LogP contribution >= 0.6 is 0 Å². The number of rotatable bonds is 1. The van der Waals surface area contributed by atoms with Gasteiger partial charge < -0.3 is 11.5 Å². The summed E-state index contributed by atoms with van der Waals surface area (Å²) in [6.07, 6.45) is 6.82. The molecule has 12 heavy (non-hydrogen) atoms. The largest absolute Gasteiger partial charge is 0.384 e. The third kappa shape index (κ3) is 1.55. The first-order chi connectivity index (χ1) is 5.65. The number of nitrogens with two attached hydrogens (primary N) is 2. The van der Waals surface area contributed by atoms with Crippen molar-refractivity contribution in [3.63, 3.8) is 0 Å². The molecule has 3 heteroatoms. The van der Waals surface area contributed by atoms with Gasteiger partial charge in [0.2, 0.25) is 0 Å². The number of hydrogen-bond acceptors (Lipinski definition) is 3. The molecular weight excluding hydrogens is 150 g/mol. The zero-order valence-electron chi connectivity index (χ0n) is 6.91. The Balaban J connectivity index is 3.24. The molecule has 0 saturated carbocycles. The molecule has 0 spiro atoms. The second-order valence-electron chi connectivity index (χ2n) is 2.63. The second-order valence-corrected chi connectivity index (χ2v) is 2.63. The van der Waals surface area contributed by atoms with Crippen LogP contribution < -0.4 is 11.5 Å². The summed E-state index contributed by atoms with van der Waals surface area (Å²) in [5, 5.41) is 0. The number of nitrogen functional groups attached to an aromatic ring is 1. The molecule has 1 aromatic rings. The average molecular weight is 161 g/mol. The summed E-state index contributed by atoms with van der Waals surface area (Å²) in [4.78, 5) is 3.87. The summed E-state index contributed by atoms with van der Waals surface area (Å²) in [6.45, 7) is 1.86. The van der Waals surface area contributed by atoms with Crippen molar-refractivity contribution in [2.45, 2.75) is 13.0 Å². The lowest BCUT2D eigenvalue weighted by molar-refractivity contribution is 0.813. The van der Waals surface area contributed by atoms with Crippen LogP contribution in [0.3, 0.4) is 0 Å². The third-order valence-corrected chi connectivity index (χ3v) is 1.60. The summed E-state index contributed by atoms with van der Waals surface area (Å²) in [5.74, 6) is 2.95. The number of nitrogens with zero attached hydrogens (tertiary/aromatic N) is 1. The van der Waals surface area contributed by atoms with Gasteiger partial charge in [-0.1, -0.05) is 5.92 Å². The van der Waals surface area contributed by atoms with E-state index in [0.29, 0.717) is 11.4 Å². The third-order valence-electron chi connectivity index (χ3n) is 1.60. The lowest BCUT2D eigenvalue weighted by Crippen LogP contribution is -2.08. The normalized spacial score (nSPS) is 12.1. The zero-order chi connectivity index (χ0) is 9.14. The molecule has 1 aromatic heterocycles. The Morgan fingerprint density at radius 3 is 2.83 bits per heavy atom. The molecule has 4 N–H and O–H groups in total. The molecule has 0 aliphatic rings. The van der Waals surface area contributed by atoms with Crippen LogP contribution in [0.1, 0.15) is 24.1 Å². The molecule has 1 unspecified atom stereocenters. The number of aromatic nitrogens is 1. The Kier molecular flexibility index (Phi) is 2.32. The number of hydrogen-bond donors (Lipinski definition) is 2. The lowest BCUT2D eigenvalue weighted by Gasteiger charge is -2.08. The molecule has 1 heterocycles. The van der Waals surface area contributed by atoms with Crippen molar-refractivity contribution in [2.75, 3.05) is 5.73 Å². The van der Waals surface area contributed by atoms with Crippen molar-refractivity contribution in [2.24, 2.45) is 5.73 Å². The van der Waals surface area contributed by atoms with Crippen LogP contribution in [-0.2, 0) is 0 Å². The standard InChI is InChI=1S/C9H11N3/c1-3-7-5-12-9(11)4-8(7)6(2)10/h1,4-6H,10H2,2H3,(H2,11,12). The van der Waals surface area contributed by atoms with Gasteiger partial charge in [-0.25, -0.2) is 4.98 Å². The highest BCUT2D eigenvalue weighted by Crippen LogP contribution is 2.15. The number of terminal acetylenes is 1. The minimum atomic E-state index is -0.110. The van der Waals surface area contributed by atoms with Crippen LogP contribution in [0.5, 0.6) is 0 Å². The molecule has 0 amide bonds. The first kappa shape index (κ1) is 8.57. The van der Waals surface area contributed by atoms with Crippen molar-refractivity contribution in [3.05, 3.63) is 23.4 Å². The van der Waals surface area contributed by atoms with Gasteiger partial charge in [-0.2, -0.15) is 0 Å². The second kappa shape index (κ2) is 3.24. The first-order valence-electron chi connectivity index (χ1n) is 3.62. The summed E-state index contributed by atoms with van der Waals surface area (Å²) < 4.78 is 0. The maximum atomic E-state index is 5.68. The Hall–Kier alpha value is -1.53. The van der Waals surface area contributed by atoms with E-state index in [2.05, 4.69) is 10.9 Å². The number of pyridine rings is 1. The average Bonchev–Trinajstić information content (AvgIpc) is 2.04. The van der Waals surface area contributed by atoms with Gasteiger partial charge in [0.05, 0.1) is 0 Å². The minimum absolute atomic E-state index is 0.110. The van der Waals surface area contributed by atoms with E-state index < -0.39 is 0 Å². The Morgan fingerprint density at radius 1 is 1.67 bits per heavy atom. The predicted molar refractivity (Wildman–Crippen MR) is 49.2 cm³/mol. The summed E-state index contributed by atoms with van der Waals surface area (Å²) >= 11 is 0. The van der Waals surface area contributed by atoms with Gasteiger partial charge in [0.1, 0.15) is 5.82 Å². The van der Waals surface area contributed by atoms with Gasteiger partial charge in [-0.05, 0) is 18.6 Å². The Bertz CT molecular complexity index is 323. The molecule has 0 bridgehead atoms. The van der Waals surface area contributed by atoms with Crippen LogP contribution in [0.15, 0.2) is 12.3 Å². The van der Waals surface area contributed by atoms with E-state index in [1.165, 1.54) is 0 Å². The van der Waals surface area contributed by atoms with E-state index in [9.17, 15) is 0 Å². The van der Waals surface area contributed by atoms with E-state index in [4.69, 9.17) is 17.9 Å². The van der Waals surface area contributed by atoms with E-state index in [1.807, 2.05) is 6.92 Å². The topological polar surface area (TPSA) is 64.9 Å². The van der Waals surface area contributed by atoms with Gasteiger partial charge in [-0.15, -0.1) is 6.42 Å². The van der Waals surface area contributed by atoms with Gasteiger partial charge in [-0.3, -0.25) is 0 Å². The molecule has 0 aliphatic heterocycles. The van der Waals surface area contributed by atoms with Gasteiger partial charge in [0.25, 0.3) is 0 Å². The molecule has 3 nitrogen and oxygen atoms in total. The highest BCUT2D eigenvalue weighted by molar-refractivity contribution is 5.45. The summed E-state index contributed by atoms with van der Waals surface area (Å²) in [5.41, 5.74) is 12.7. The Morgan fingerprint density at radius 2 is 2.33 bits per heavy atom. The molecule has 0 aliphatic carbocycles. The van der Waals surface area contributed by atoms with Crippen molar-refractivity contribution in [1.29, 1.82) is 0 Å². The summed E-state index contributed by atoms with van der Waals surface area (Å²) in [7, 11) is 0. The monoisotopic (exact) mass is 161 g/mol. The first-order valence-corrected chi connectivity index (χ1v) is 3.62. The van der Waals surface area contributed by atoms with Gasteiger partial charge in [0.15, 0.2) is 0 Å². The highest BCUT2D eigenvalue weighted by atomic mass is 14.8. The fraction of sp³-hybridized carbons (Fsp3) is 0.222. The van der Waals surface area contributed by atoms with E-state index >= 15 is 0 Å². The van der Waals surface area contributed by atoms with Crippen LogP contribution in [0, 0.1) is 12.3 Å². The van der Waals surface area contributed by atoms with E-state index in [1.54, 1.807) is 12.3 Å². The molecule has 0 radical (unpaired) electrons. The molecule has 1 rings (SSSR count). The molecule has 0 saturated heterocycles. The van der Waals surface area contributed by atoms with Crippen LogP contribution in [0.4, 0.5) is 5.82 Å². The van der Waals surface area contributed by atoms with Crippen molar-refractivity contribution >= 4 is 5.82 Å². The lowest BCUT2D eigenvalue weighted by atomic mass is 10.1. The fourth-order valence-corrected chi connectivity index (χ4v) is 0.985. The van der Waals surface area contributed by atoms with E-state index in [-0.39, 0.29) is 6.04 Å². The fourth-order valence-electron chi connectivity index (χ4n) is 0.985. The van der Waals surface area contributed by atoms with Crippen LogP contribution in [0.25, 0.3) is 0 Å². The number of anilines is 1. The minimum Gasteiger partial charge on any atom is -0.384 e. The summed E-state index contributed by atoms with van der Waals surface area (Å²) in [6, 6.07) is 1.60. The van der Waals surface area contributed by atoms with Crippen molar-refractivity contribution in [1.82, 2.24) is 4.98 Å². The van der Waals surface area contributed by atoms with Crippen LogP contribution in [-0.4, -0.2) is 4.98 Å². The predicted octanol–water partition coefficient (Wildman–Crippen LogP) is 0.665. The van der Waals surface area contributed by atoms with Crippen molar-refractivity contribution < 1.29 is 0 Å². The smallest absolute Gasteiger partial charge is 0.123 e. The molecular formula is C9H11N3. The Labute approximate surface area is 71.8 Å². The maximum Gasteiger partial charge on any atom is 0.123 e. The molecule has 62 valence electrons. The quantitative estimate of drug-likeness (QED) is 0.595. The zero-order valence-corrected chi connectivity index (χ0v) is 6.91. The molecule has 0 fully saturated rings. The van der Waals surface area contributed by atoms with Crippen LogP contribution in [0.2, 0.25) is 0 Å². The molecule has 0 aromatic carbocycles. The van der Waals surface area contributed by atoms with E-state index in [0.717, 1.165) is 5.56 Å². The maximum absolute atomic E-state index is 5.68. The van der Waals surface area contributed by atoms with Gasteiger partial charge in [0, 0.05) is 17.8 Å². The SMILES string of the molecule is C#Cc1cnc(N)cc1C(C)N. The van der Waals surface area contributed by atoms with Gasteiger partial charge >= 0.3 is 0 Å². The van der Waals surface area contributed by atoms with Crippen molar-refractivity contribution in [3.8, 4) is 12.3 Å².